The molecule has 1 atom stereocenters. The lowest BCUT2D eigenvalue weighted by atomic mass is 10.0. The number of nitrogens with zero attached hydrogens (tertiary/aromatic N) is 1. The van der Waals surface area contributed by atoms with E-state index in [1.807, 2.05) is 24.3 Å². The van der Waals surface area contributed by atoms with Crippen molar-refractivity contribution in [2.45, 2.75) is 45.2 Å². The molecule has 0 bridgehead atoms. The molecule has 1 saturated heterocycles. The van der Waals surface area contributed by atoms with Crippen molar-refractivity contribution in [1.29, 1.82) is 0 Å². The lowest BCUT2D eigenvalue weighted by Gasteiger charge is -2.32. The molecule has 1 aromatic carbocycles. The fraction of sp³-hybridized carbons (Fsp3) is 0.524. The molecular formula is C21H31N3O3. The maximum atomic E-state index is 12.3. The summed E-state index contributed by atoms with van der Waals surface area (Å²) >= 11 is 0. The van der Waals surface area contributed by atoms with Gasteiger partial charge in [0.05, 0.1) is 7.11 Å². The summed E-state index contributed by atoms with van der Waals surface area (Å²) in [5.74, 6) is 0.351. The summed E-state index contributed by atoms with van der Waals surface area (Å²) in [5.41, 5.74) is 0.891. The summed E-state index contributed by atoms with van der Waals surface area (Å²) in [7, 11) is 1.61. The van der Waals surface area contributed by atoms with E-state index in [0.717, 1.165) is 50.2 Å². The molecule has 6 heteroatoms. The number of hydrogen-bond acceptors (Lipinski definition) is 4. The van der Waals surface area contributed by atoms with Crippen LogP contribution in [0.5, 0.6) is 5.75 Å². The average Bonchev–Trinajstić information content (AvgIpc) is 2.68. The van der Waals surface area contributed by atoms with Gasteiger partial charge in [-0.25, -0.2) is 0 Å². The Hall–Kier alpha value is -2.34. The number of amides is 2. The highest BCUT2D eigenvalue weighted by Gasteiger charge is 2.22. The molecule has 2 N–H and O–H groups in total. The van der Waals surface area contributed by atoms with E-state index in [0.29, 0.717) is 0 Å². The molecule has 1 aromatic rings. The van der Waals surface area contributed by atoms with Crippen LogP contribution in [0.2, 0.25) is 0 Å². The van der Waals surface area contributed by atoms with Crippen LogP contribution in [-0.2, 0) is 9.59 Å². The minimum absolute atomic E-state index is 0.130. The van der Waals surface area contributed by atoms with E-state index < -0.39 is 6.04 Å². The fourth-order valence-electron chi connectivity index (χ4n) is 3.16. The molecule has 0 aliphatic carbocycles. The second-order valence-corrected chi connectivity index (χ2v) is 6.96. The highest BCUT2D eigenvalue weighted by Crippen LogP contribution is 2.12. The van der Waals surface area contributed by atoms with E-state index in [1.165, 1.54) is 6.08 Å². The molecular weight excluding hydrogens is 342 g/mol. The molecule has 1 unspecified atom stereocenters. The zero-order valence-electron chi connectivity index (χ0n) is 16.5. The standard InChI is InChI=1S/C21H31N3O3/c1-4-13-24-14-11-18(12-15-24)23-21(26)16(2)22-20(25)10-7-17-5-8-19(27-3)9-6-17/h5-10,16,18H,4,11-15H2,1-3H3,(H,22,25)(H,23,26)/b10-7+. The molecule has 1 heterocycles. The molecule has 148 valence electrons. The van der Waals surface area contributed by atoms with Gasteiger partial charge in [0, 0.05) is 25.2 Å². The SMILES string of the molecule is CCCN1CCC(NC(=O)C(C)NC(=O)/C=C/c2ccc(OC)cc2)CC1. The summed E-state index contributed by atoms with van der Waals surface area (Å²) in [5, 5.41) is 5.77. The summed E-state index contributed by atoms with van der Waals surface area (Å²) in [4.78, 5) is 26.8. The molecule has 0 radical (unpaired) electrons. The van der Waals surface area contributed by atoms with Gasteiger partial charge >= 0.3 is 0 Å². The number of carbonyl (C=O) groups excluding carboxylic acids is 2. The van der Waals surface area contributed by atoms with E-state index in [4.69, 9.17) is 4.74 Å². The van der Waals surface area contributed by atoms with Crippen LogP contribution >= 0.6 is 0 Å². The summed E-state index contributed by atoms with van der Waals surface area (Å²) < 4.78 is 5.10. The first-order chi connectivity index (χ1) is 13.0. The number of methoxy groups -OCH3 is 1. The van der Waals surface area contributed by atoms with Crippen molar-refractivity contribution >= 4 is 17.9 Å². The Morgan fingerprint density at radius 2 is 1.93 bits per heavy atom. The third-order valence-corrected chi connectivity index (χ3v) is 4.77. The smallest absolute Gasteiger partial charge is 0.244 e. The van der Waals surface area contributed by atoms with Gasteiger partial charge < -0.3 is 20.3 Å². The largest absolute Gasteiger partial charge is 0.497 e. The topological polar surface area (TPSA) is 70.7 Å². The lowest BCUT2D eigenvalue weighted by Crippen LogP contribution is -2.50. The molecule has 2 rings (SSSR count). The first-order valence-electron chi connectivity index (χ1n) is 9.67. The van der Waals surface area contributed by atoms with Gasteiger partial charge in [0.1, 0.15) is 11.8 Å². The quantitative estimate of drug-likeness (QED) is 0.686. The van der Waals surface area contributed by atoms with Crippen LogP contribution in [0, 0.1) is 0 Å². The Kier molecular flexibility index (Phi) is 8.33. The van der Waals surface area contributed by atoms with E-state index in [1.54, 1.807) is 20.1 Å². The minimum Gasteiger partial charge on any atom is -0.497 e. The van der Waals surface area contributed by atoms with Crippen molar-refractivity contribution in [2.24, 2.45) is 0 Å². The number of ether oxygens (including phenoxy) is 1. The van der Waals surface area contributed by atoms with Crippen molar-refractivity contribution in [3.63, 3.8) is 0 Å². The molecule has 0 spiro atoms. The Morgan fingerprint density at radius 3 is 2.52 bits per heavy atom. The van der Waals surface area contributed by atoms with E-state index in [-0.39, 0.29) is 17.9 Å². The van der Waals surface area contributed by atoms with Gasteiger partial charge in [-0.15, -0.1) is 0 Å². The average molecular weight is 373 g/mol. The molecule has 1 aliphatic heterocycles. The predicted molar refractivity (Wildman–Crippen MR) is 108 cm³/mol. The summed E-state index contributed by atoms with van der Waals surface area (Å²) in [6, 6.07) is 7.03. The molecule has 27 heavy (non-hydrogen) atoms. The number of piperidine rings is 1. The Balaban J connectivity index is 1.74. The number of hydrogen-bond donors (Lipinski definition) is 2. The molecule has 0 aromatic heterocycles. The third-order valence-electron chi connectivity index (χ3n) is 4.77. The predicted octanol–water partition coefficient (Wildman–Crippen LogP) is 2.20. The molecule has 1 aliphatic rings. The van der Waals surface area contributed by atoms with Crippen LogP contribution in [0.15, 0.2) is 30.3 Å². The molecule has 2 amide bonds. The zero-order chi connectivity index (χ0) is 19.6. The van der Waals surface area contributed by atoms with Gasteiger partial charge in [0.2, 0.25) is 11.8 Å². The lowest BCUT2D eigenvalue weighted by molar-refractivity contribution is -0.127. The van der Waals surface area contributed by atoms with Gasteiger partial charge in [0.25, 0.3) is 0 Å². The van der Waals surface area contributed by atoms with Crippen molar-refractivity contribution < 1.29 is 14.3 Å². The minimum atomic E-state index is -0.563. The van der Waals surface area contributed by atoms with Crippen molar-refractivity contribution in [3.05, 3.63) is 35.9 Å². The maximum Gasteiger partial charge on any atom is 0.244 e. The fourth-order valence-corrected chi connectivity index (χ4v) is 3.16. The third kappa shape index (κ3) is 7.06. The van der Waals surface area contributed by atoms with Crippen molar-refractivity contribution in [2.75, 3.05) is 26.7 Å². The number of carbonyl (C=O) groups is 2. The van der Waals surface area contributed by atoms with Gasteiger partial charge in [0.15, 0.2) is 0 Å². The van der Waals surface area contributed by atoms with Crippen LogP contribution in [0.1, 0.15) is 38.7 Å². The van der Waals surface area contributed by atoms with Gasteiger partial charge in [-0.3, -0.25) is 9.59 Å². The number of rotatable bonds is 8. The van der Waals surface area contributed by atoms with Gasteiger partial charge in [-0.05, 0) is 56.5 Å². The van der Waals surface area contributed by atoms with Crippen molar-refractivity contribution in [3.8, 4) is 5.75 Å². The Bertz CT molecular complexity index is 635. The highest BCUT2D eigenvalue weighted by atomic mass is 16.5. The Labute approximate surface area is 162 Å². The van der Waals surface area contributed by atoms with Crippen LogP contribution in [0.3, 0.4) is 0 Å². The normalized spacial score (nSPS) is 16.9. The molecule has 0 saturated carbocycles. The first kappa shape index (κ1) is 21.0. The number of benzene rings is 1. The number of likely N-dealkylation sites (tertiary alicyclic amines) is 1. The van der Waals surface area contributed by atoms with Crippen molar-refractivity contribution in [1.82, 2.24) is 15.5 Å². The van der Waals surface area contributed by atoms with E-state index >= 15 is 0 Å². The van der Waals surface area contributed by atoms with Crippen LogP contribution in [-0.4, -0.2) is 55.5 Å². The zero-order valence-corrected chi connectivity index (χ0v) is 16.5. The van der Waals surface area contributed by atoms with Crippen LogP contribution in [0.4, 0.5) is 0 Å². The summed E-state index contributed by atoms with van der Waals surface area (Å²) in [6.07, 6.45) is 6.23. The molecule has 1 fully saturated rings. The monoisotopic (exact) mass is 373 g/mol. The maximum absolute atomic E-state index is 12.3. The van der Waals surface area contributed by atoms with E-state index in [2.05, 4.69) is 22.5 Å². The first-order valence-corrected chi connectivity index (χ1v) is 9.67. The van der Waals surface area contributed by atoms with Crippen LogP contribution < -0.4 is 15.4 Å². The van der Waals surface area contributed by atoms with Crippen LogP contribution in [0.25, 0.3) is 6.08 Å². The summed E-state index contributed by atoms with van der Waals surface area (Å²) in [6.45, 7) is 7.05. The second-order valence-electron chi connectivity index (χ2n) is 6.96. The van der Waals surface area contributed by atoms with E-state index in [9.17, 15) is 9.59 Å². The second kappa shape index (κ2) is 10.7. The highest BCUT2D eigenvalue weighted by molar-refractivity contribution is 5.95. The van der Waals surface area contributed by atoms with Gasteiger partial charge in [-0.1, -0.05) is 19.1 Å². The Morgan fingerprint density at radius 1 is 1.26 bits per heavy atom. The molecule has 6 nitrogen and oxygen atoms in total. The van der Waals surface area contributed by atoms with Gasteiger partial charge in [-0.2, -0.15) is 0 Å². The number of nitrogens with one attached hydrogen (secondary N) is 2.